The van der Waals surface area contributed by atoms with Crippen molar-refractivity contribution >= 4 is 23.7 Å². The zero-order chi connectivity index (χ0) is 41.0. The van der Waals surface area contributed by atoms with Crippen molar-refractivity contribution in [2.45, 2.75) is 40.5 Å². The van der Waals surface area contributed by atoms with Gasteiger partial charge in [-0.15, -0.1) is 0 Å². The Kier molecular flexibility index (Phi) is 18.9. The Morgan fingerprint density at radius 2 is 0.839 bits per heavy atom. The molecule has 0 saturated heterocycles. The predicted molar refractivity (Wildman–Crippen MR) is 215 cm³/mol. The van der Waals surface area contributed by atoms with Crippen LogP contribution in [-0.4, -0.2) is 81.4 Å². The molecule has 0 aliphatic heterocycles. The standard InChI is InChI=1S/C44H54O12/c1-29(2)11-19-33-37(53-25-47-5)23-39(51-9)41(43(33)55-27-49-7)35(45)21-17-31-13-15-32(16-14-31)18-22-36(46)42-40(52-10)24-38(54-26-48-6)34(20-12-30(3)4)44(42)56-28-50-8/h11-18,21-24H,19-20,25-28H2,1-10H3/b21-17+,22-18+. The number of allylic oxidation sites excluding steroid dienone is 6. The van der Waals surface area contributed by atoms with Crippen LogP contribution in [0, 0.1) is 0 Å². The summed E-state index contributed by atoms with van der Waals surface area (Å²) >= 11 is 0. The van der Waals surface area contributed by atoms with E-state index in [0.717, 1.165) is 22.3 Å². The number of methoxy groups -OCH3 is 6. The zero-order valence-electron chi connectivity index (χ0n) is 34.1. The Labute approximate surface area is 330 Å². The Hall–Kier alpha value is -5.40. The highest BCUT2D eigenvalue weighted by Crippen LogP contribution is 2.42. The maximum absolute atomic E-state index is 13.8. The third-order valence-corrected chi connectivity index (χ3v) is 8.07. The highest BCUT2D eigenvalue weighted by Gasteiger charge is 2.26. The minimum Gasteiger partial charge on any atom is -0.496 e. The summed E-state index contributed by atoms with van der Waals surface area (Å²) in [5.41, 5.74) is 5.42. The van der Waals surface area contributed by atoms with Crippen LogP contribution in [0.5, 0.6) is 34.5 Å². The number of ether oxygens (including phenoxy) is 10. The number of carbonyl (C=O) groups excluding carboxylic acids is 2. The first-order chi connectivity index (χ1) is 27.0. The first-order valence-corrected chi connectivity index (χ1v) is 17.8. The lowest BCUT2D eigenvalue weighted by Crippen LogP contribution is -2.12. The van der Waals surface area contributed by atoms with Gasteiger partial charge in [0.25, 0.3) is 0 Å². The van der Waals surface area contributed by atoms with Gasteiger partial charge in [-0.2, -0.15) is 0 Å². The quantitative estimate of drug-likeness (QED) is 0.0375. The molecule has 0 bridgehead atoms. The third kappa shape index (κ3) is 12.8. The van der Waals surface area contributed by atoms with Crippen LogP contribution in [-0.2, 0) is 31.8 Å². The van der Waals surface area contributed by atoms with E-state index in [9.17, 15) is 9.59 Å². The van der Waals surface area contributed by atoms with Gasteiger partial charge in [0.1, 0.15) is 45.6 Å². The fourth-order valence-corrected chi connectivity index (χ4v) is 5.38. The summed E-state index contributed by atoms with van der Waals surface area (Å²) in [5, 5.41) is 0. The van der Waals surface area contributed by atoms with Crippen LogP contribution in [0.25, 0.3) is 12.2 Å². The summed E-state index contributed by atoms with van der Waals surface area (Å²) in [6.45, 7) is 7.73. The molecule has 0 unspecified atom stereocenters. The van der Waals surface area contributed by atoms with Crippen LogP contribution in [0.4, 0.5) is 0 Å². The number of rotatable bonds is 24. The summed E-state index contributed by atoms with van der Waals surface area (Å²) < 4.78 is 55.6. The number of carbonyl (C=O) groups is 2. The van der Waals surface area contributed by atoms with E-state index in [0.29, 0.717) is 47.0 Å². The molecule has 3 aromatic rings. The van der Waals surface area contributed by atoms with Gasteiger partial charge in [-0.25, -0.2) is 0 Å². The highest BCUT2D eigenvalue weighted by molar-refractivity contribution is 6.12. The van der Waals surface area contributed by atoms with E-state index in [-0.39, 0.29) is 61.4 Å². The van der Waals surface area contributed by atoms with E-state index in [1.807, 2.05) is 64.1 Å². The molecule has 0 aromatic heterocycles. The molecule has 0 atom stereocenters. The second-order valence-electron chi connectivity index (χ2n) is 12.8. The van der Waals surface area contributed by atoms with Crippen LogP contribution in [0.3, 0.4) is 0 Å². The molecule has 12 heteroatoms. The first kappa shape index (κ1) is 45.0. The molecule has 3 aromatic carbocycles. The summed E-state index contributed by atoms with van der Waals surface area (Å²) in [6, 6.07) is 10.7. The fourth-order valence-electron chi connectivity index (χ4n) is 5.38. The van der Waals surface area contributed by atoms with E-state index < -0.39 is 0 Å². The molecule has 56 heavy (non-hydrogen) atoms. The molecule has 0 aliphatic carbocycles. The van der Waals surface area contributed by atoms with E-state index >= 15 is 0 Å². The topological polar surface area (TPSA) is 126 Å². The Morgan fingerprint density at radius 1 is 0.500 bits per heavy atom. The average Bonchev–Trinajstić information content (AvgIpc) is 3.19. The molecule has 302 valence electrons. The molecular weight excluding hydrogens is 720 g/mol. The smallest absolute Gasteiger partial charge is 0.193 e. The number of benzene rings is 3. The van der Waals surface area contributed by atoms with Crippen molar-refractivity contribution < 1.29 is 57.0 Å². The zero-order valence-corrected chi connectivity index (χ0v) is 34.1. The second-order valence-corrected chi connectivity index (χ2v) is 12.8. The van der Waals surface area contributed by atoms with Gasteiger partial charge in [0, 0.05) is 51.7 Å². The monoisotopic (exact) mass is 774 g/mol. The molecule has 0 N–H and O–H groups in total. The lowest BCUT2D eigenvalue weighted by Gasteiger charge is -2.20. The molecule has 0 spiro atoms. The van der Waals surface area contributed by atoms with E-state index in [1.54, 1.807) is 24.3 Å². The number of ketones is 2. The lowest BCUT2D eigenvalue weighted by molar-refractivity contribution is 0.0436. The normalized spacial score (nSPS) is 11.0. The van der Waals surface area contributed by atoms with E-state index in [4.69, 9.17) is 47.4 Å². The first-order valence-electron chi connectivity index (χ1n) is 17.8. The molecule has 0 radical (unpaired) electrons. The largest absolute Gasteiger partial charge is 0.496 e. The van der Waals surface area contributed by atoms with E-state index in [1.165, 1.54) is 54.8 Å². The Bertz CT molecular complexity index is 1740. The van der Waals surface area contributed by atoms with Gasteiger partial charge in [-0.05, 0) is 63.8 Å². The minimum atomic E-state index is -0.345. The lowest BCUT2D eigenvalue weighted by atomic mass is 9.98. The van der Waals surface area contributed by atoms with E-state index in [2.05, 4.69) is 0 Å². The summed E-state index contributed by atoms with van der Waals surface area (Å²) in [4.78, 5) is 27.7. The van der Waals surface area contributed by atoms with Crippen molar-refractivity contribution in [1.82, 2.24) is 0 Å². The van der Waals surface area contributed by atoms with Crippen LogP contribution in [0.15, 0.2) is 71.8 Å². The Morgan fingerprint density at radius 3 is 1.14 bits per heavy atom. The van der Waals surface area contributed by atoms with Crippen LogP contribution < -0.4 is 28.4 Å². The molecular formula is C44H54O12. The van der Waals surface area contributed by atoms with Gasteiger partial charge < -0.3 is 47.4 Å². The van der Waals surface area contributed by atoms with Crippen molar-refractivity contribution in [3.63, 3.8) is 0 Å². The van der Waals surface area contributed by atoms with Crippen LogP contribution in [0.2, 0.25) is 0 Å². The van der Waals surface area contributed by atoms with Gasteiger partial charge in [-0.1, -0.05) is 59.7 Å². The molecule has 3 rings (SSSR count). The number of hydrogen-bond acceptors (Lipinski definition) is 12. The Balaban J connectivity index is 1.97. The van der Waals surface area contributed by atoms with Crippen molar-refractivity contribution in [2.24, 2.45) is 0 Å². The highest BCUT2D eigenvalue weighted by atomic mass is 16.7. The maximum atomic E-state index is 13.8. The van der Waals surface area contributed by atoms with Crippen molar-refractivity contribution in [2.75, 3.05) is 69.8 Å². The van der Waals surface area contributed by atoms with Gasteiger partial charge in [0.05, 0.1) is 14.2 Å². The number of hydrogen-bond donors (Lipinski definition) is 0. The molecule has 0 amide bonds. The minimum absolute atomic E-state index is 0.00532. The van der Waals surface area contributed by atoms with Crippen molar-refractivity contribution in [3.8, 4) is 34.5 Å². The van der Waals surface area contributed by atoms with Crippen LogP contribution in [0.1, 0.15) is 70.7 Å². The third-order valence-electron chi connectivity index (χ3n) is 8.07. The molecule has 0 heterocycles. The predicted octanol–water partition coefficient (Wildman–Crippen LogP) is 8.44. The summed E-state index contributed by atoms with van der Waals surface area (Å²) in [5.74, 6) is 1.37. The average molecular weight is 775 g/mol. The molecule has 0 saturated carbocycles. The SMILES string of the molecule is COCOc1cc(OC)c(C(=O)/C=C/c2ccc(/C=C/C(=O)c3c(OC)cc(OCOC)c(CC=C(C)C)c3OCOC)cc2)c(OCOC)c1CC=C(C)C. The van der Waals surface area contributed by atoms with Gasteiger partial charge >= 0.3 is 0 Å². The molecule has 12 nitrogen and oxygen atoms in total. The van der Waals surface area contributed by atoms with Gasteiger partial charge in [0.2, 0.25) is 0 Å². The second kappa shape index (κ2) is 23.5. The molecule has 0 fully saturated rings. The van der Waals surface area contributed by atoms with Crippen molar-refractivity contribution in [3.05, 3.63) is 105 Å². The van der Waals surface area contributed by atoms with Gasteiger partial charge in [-0.3, -0.25) is 9.59 Å². The maximum Gasteiger partial charge on any atom is 0.193 e. The fraction of sp³-hybridized carbons (Fsp3) is 0.364. The van der Waals surface area contributed by atoms with Crippen LogP contribution >= 0.6 is 0 Å². The van der Waals surface area contributed by atoms with Gasteiger partial charge in [0.15, 0.2) is 38.7 Å². The summed E-state index contributed by atoms with van der Waals surface area (Å²) in [7, 11) is 9.00. The van der Waals surface area contributed by atoms with Crippen molar-refractivity contribution in [1.29, 1.82) is 0 Å². The summed E-state index contributed by atoms with van der Waals surface area (Å²) in [6.07, 6.45) is 11.2. The molecule has 0 aliphatic rings.